The molecule has 3 rings (SSSR count). The zero-order valence-corrected chi connectivity index (χ0v) is 12.6. The summed E-state index contributed by atoms with van der Waals surface area (Å²) >= 11 is 3.51. The fourth-order valence-electron chi connectivity index (χ4n) is 2.60. The van der Waals surface area contributed by atoms with E-state index in [0.29, 0.717) is 5.56 Å². The van der Waals surface area contributed by atoms with Gasteiger partial charge in [0.15, 0.2) is 0 Å². The predicted molar refractivity (Wildman–Crippen MR) is 83.9 cm³/mol. The van der Waals surface area contributed by atoms with E-state index < -0.39 is 0 Å². The number of halogens is 1. The van der Waals surface area contributed by atoms with Crippen LogP contribution in [0, 0.1) is 0 Å². The first-order valence-electron chi connectivity index (χ1n) is 6.55. The van der Waals surface area contributed by atoms with Crippen molar-refractivity contribution in [1.82, 2.24) is 0 Å². The smallest absolute Gasteiger partial charge is 0.248 e. The number of benzene rings is 2. The second-order valence-electron chi connectivity index (χ2n) is 5.01. The number of hydrogen-bond donors (Lipinski definition) is 1. The number of fused-ring (bicyclic) bond motifs is 1. The van der Waals surface area contributed by atoms with Crippen molar-refractivity contribution in [2.24, 2.45) is 5.73 Å². The van der Waals surface area contributed by atoms with Crippen LogP contribution in [0.1, 0.15) is 21.5 Å². The number of nitrogens with two attached hydrogens (primary N) is 1. The number of rotatable bonds is 3. The minimum atomic E-state index is -0.382. The Labute approximate surface area is 126 Å². The zero-order chi connectivity index (χ0) is 14.1. The van der Waals surface area contributed by atoms with Gasteiger partial charge in [-0.2, -0.15) is 0 Å². The number of hydrogen-bond acceptors (Lipinski definition) is 2. The second kappa shape index (κ2) is 5.29. The third-order valence-electron chi connectivity index (χ3n) is 3.65. The monoisotopic (exact) mass is 330 g/mol. The summed E-state index contributed by atoms with van der Waals surface area (Å²) in [6, 6.07) is 13.9. The second-order valence-corrected chi connectivity index (χ2v) is 5.92. The maximum atomic E-state index is 11.1. The SMILES string of the molecule is NC(=O)c1ccc(CN2CCc3cc(Br)ccc32)cc1. The first kappa shape index (κ1) is 13.2. The van der Waals surface area contributed by atoms with Gasteiger partial charge in [0.1, 0.15) is 0 Å². The summed E-state index contributed by atoms with van der Waals surface area (Å²) in [5.41, 5.74) is 9.67. The largest absolute Gasteiger partial charge is 0.367 e. The quantitative estimate of drug-likeness (QED) is 0.939. The van der Waals surface area contributed by atoms with Gasteiger partial charge in [-0.25, -0.2) is 0 Å². The number of carbonyl (C=O) groups excluding carboxylic acids is 1. The fraction of sp³-hybridized carbons (Fsp3) is 0.188. The number of primary amides is 1. The molecule has 2 aromatic rings. The molecule has 1 aliphatic rings. The summed E-state index contributed by atoms with van der Waals surface area (Å²) in [4.78, 5) is 13.4. The summed E-state index contributed by atoms with van der Waals surface area (Å²) in [7, 11) is 0. The molecule has 2 N–H and O–H groups in total. The van der Waals surface area contributed by atoms with Crippen LogP contribution in [0.3, 0.4) is 0 Å². The molecule has 20 heavy (non-hydrogen) atoms. The van der Waals surface area contributed by atoms with Crippen molar-refractivity contribution in [3.8, 4) is 0 Å². The first-order valence-corrected chi connectivity index (χ1v) is 7.35. The minimum Gasteiger partial charge on any atom is -0.367 e. The summed E-state index contributed by atoms with van der Waals surface area (Å²) in [5.74, 6) is -0.382. The van der Waals surface area contributed by atoms with E-state index in [1.807, 2.05) is 12.1 Å². The normalized spacial score (nSPS) is 13.3. The Hall–Kier alpha value is -1.81. The highest BCUT2D eigenvalue weighted by molar-refractivity contribution is 9.10. The molecule has 1 amide bonds. The van der Waals surface area contributed by atoms with Crippen molar-refractivity contribution in [2.75, 3.05) is 11.4 Å². The third kappa shape index (κ3) is 2.56. The van der Waals surface area contributed by atoms with Gasteiger partial charge >= 0.3 is 0 Å². The molecule has 2 aromatic carbocycles. The first-order chi connectivity index (χ1) is 9.63. The van der Waals surface area contributed by atoms with Crippen molar-refractivity contribution in [1.29, 1.82) is 0 Å². The number of amides is 1. The predicted octanol–water partition coefficient (Wildman–Crippen LogP) is 3.11. The Morgan fingerprint density at radius 3 is 2.65 bits per heavy atom. The lowest BCUT2D eigenvalue weighted by molar-refractivity contribution is 0.100. The van der Waals surface area contributed by atoms with Crippen LogP contribution in [0.5, 0.6) is 0 Å². The van der Waals surface area contributed by atoms with Crippen LogP contribution in [0.2, 0.25) is 0 Å². The van der Waals surface area contributed by atoms with Crippen LogP contribution in [0.15, 0.2) is 46.9 Å². The number of nitrogens with zero attached hydrogens (tertiary/aromatic N) is 1. The Kier molecular flexibility index (Phi) is 3.49. The van der Waals surface area contributed by atoms with Gasteiger partial charge in [0.25, 0.3) is 0 Å². The van der Waals surface area contributed by atoms with E-state index in [2.05, 4.69) is 39.0 Å². The van der Waals surface area contributed by atoms with E-state index >= 15 is 0 Å². The summed E-state index contributed by atoms with van der Waals surface area (Å²) in [6.45, 7) is 1.89. The van der Waals surface area contributed by atoms with E-state index in [0.717, 1.165) is 24.0 Å². The Morgan fingerprint density at radius 2 is 1.95 bits per heavy atom. The number of carbonyl (C=O) groups is 1. The lowest BCUT2D eigenvalue weighted by Gasteiger charge is -2.19. The molecule has 1 heterocycles. The highest BCUT2D eigenvalue weighted by Crippen LogP contribution is 2.31. The minimum absolute atomic E-state index is 0.382. The molecule has 0 fully saturated rings. The van der Waals surface area contributed by atoms with Crippen molar-refractivity contribution in [3.05, 3.63) is 63.6 Å². The maximum Gasteiger partial charge on any atom is 0.248 e. The van der Waals surface area contributed by atoms with E-state index in [1.54, 1.807) is 12.1 Å². The molecule has 4 heteroatoms. The van der Waals surface area contributed by atoms with Gasteiger partial charge in [0.05, 0.1) is 0 Å². The molecule has 0 spiro atoms. The highest BCUT2D eigenvalue weighted by atomic mass is 79.9. The molecule has 0 bridgehead atoms. The van der Waals surface area contributed by atoms with Gasteiger partial charge < -0.3 is 10.6 Å². The number of anilines is 1. The molecule has 102 valence electrons. The van der Waals surface area contributed by atoms with Gasteiger partial charge in [-0.3, -0.25) is 4.79 Å². The van der Waals surface area contributed by atoms with Crippen LogP contribution < -0.4 is 10.6 Å². The van der Waals surface area contributed by atoms with Crippen LogP contribution in [0.4, 0.5) is 5.69 Å². The fourth-order valence-corrected chi connectivity index (χ4v) is 3.01. The average Bonchev–Trinajstić information content (AvgIpc) is 2.81. The van der Waals surface area contributed by atoms with E-state index in [4.69, 9.17) is 5.73 Å². The zero-order valence-electron chi connectivity index (χ0n) is 11.0. The van der Waals surface area contributed by atoms with Crippen molar-refractivity contribution < 1.29 is 4.79 Å². The van der Waals surface area contributed by atoms with Gasteiger partial charge in [-0.1, -0.05) is 28.1 Å². The van der Waals surface area contributed by atoms with Crippen LogP contribution >= 0.6 is 15.9 Å². The molecule has 0 saturated heterocycles. The standard InChI is InChI=1S/C16H15BrN2O/c17-14-5-6-15-13(9-14)7-8-19(15)10-11-1-3-12(4-2-11)16(18)20/h1-6,9H,7-8,10H2,(H2,18,20). The molecule has 0 saturated carbocycles. The lowest BCUT2D eigenvalue weighted by Crippen LogP contribution is -2.19. The topological polar surface area (TPSA) is 46.3 Å². The lowest BCUT2D eigenvalue weighted by atomic mass is 10.1. The highest BCUT2D eigenvalue weighted by Gasteiger charge is 2.19. The van der Waals surface area contributed by atoms with E-state index in [9.17, 15) is 4.79 Å². The molecule has 0 aliphatic carbocycles. The third-order valence-corrected chi connectivity index (χ3v) is 4.14. The van der Waals surface area contributed by atoms with Crippen LogP contribution in [-0.4, -0.2) is 12.5 Å². The van der Waals surface area contributed by atoms with Crippen LogP contribution in [-0.2, 0) is 13.0 Å². The Morgan fingerprint density at radius 1 is 1.20 bits per heavy atom. The van der Waals surface area contributed by atoms with Crippen molar-refractivity contribution in [2.45, 2.75) is 13.0 Å². The molecule has 1 aliphatic heterocycles. The molecule has 0 radical (unpaired) electrons. The Balaban J connectivity index is 1.78. The molecule has 3 nitrogen and oxygen atoms in total. The summed E-state index contributed by atoms with van der Waals surface area (Å²) in [5, 5.41) is 0. The maximum absolute atomic E-state index is 11.1. The van der Waals surface area contributed by atoms with Gasteiger partial charge in [-0.15, -0.1) is 0 Å². The van der Waals surface area contributed by atoms with Crippen LogP contribution in [0.25, 0.3) is 0 Å². The van der Waals surface area contributed by atoms with Gasteiger partial charge in [0.2, 0.25) is 5.91 Å². The van der Waals surface area contributed by atoms with Gasteiger partial charge in [-0.05, 0) is 47.9 Å². The molecule has 0 aromatic heterocycles. The molecule has 0 unspecified atom stereocenters. The summed E-state index contributed by atoms with van der Waals surface area (Å²) < 4.78 is 1.13. The molecule has 0 atom stereocenters. The molecular weight excluding hydrogens is 316 g/mol. The summed E-state index contributed by atoms with van der Waals surface area (Å²) in [6.07, 6.45) is 1.08. The Bertz CT molecular complexity index is 652. The van der Waals surface area contributed by atoms with Gasteiger partial charge in [0, 0.05) is 28.8 Å². The van der Waals surface area contributed by atoms with Crippen molar-refractivity contribution >= 4 is 27.5 Å². The molecular formula is C16H15BrN2O. The average molecular weight is 331 g/mol. The van der Waals surface area contributed by atoms with Crippen molar-refractivity contribution in [3.63, 3.8) is 0 Å². The van der Waals surface area contributed by atoms with E-state index in [1.165, 1.54) is 16.8 Å². The van der Waals surface area contributed by atoms with E-state index in [-0.39, 0.29) is 5.91 Å².